The van der Waals surface area contributed by atoms with E-state index in [9.17, 15) is 9.59 Å². The van der Waals surface area contributed by atoms with Crippen molar-refractivity contribution in [1.29, 1.82) is 0 Å². The van der Waals surface area contributed by atoms with Crippen molar-refractivity contribution in [2.45, 2.75) is 97.2 Å². The number of rotatable bonds is 13. The molecule has 0 radical (unpaired) electrons. The van der Waals surface area contributed by atoms with Crippen LogP contribution in [0.2, 0.25) is 0 Å². The smallest absolute Gasteiger partial charge is 0.307 e. The second kappa shape index (κ2) is 14.1. The van der Waals surface area contributed by atoms with Gasteiger partial charge in [-0.2, -0.15) is 0 Å². The van der Waals surface area contributed by atoms with E-state index in [1.807, 2.05) is 6.92 Å². The number of carbonyl (C=O) groups is 2. The van der Waals surface area contributed by atoms with Crippen molar-refractivity contribution in [3.05, 3.63) is 0 Å². The Kier molecular flexibility index (Phi) is 13.2. The standard InChI is InChI=1S/C19H32O4/c1-5-7-8-9-10-11-13-17(4)23-19(21)15-12-14-18(20)22-16(3)6-2/h2,16-17H,5,7-15H2,1,3-4H3. The van der Waals surface area contributed by atoms with Gasteiger partial charge in [-0.25, -0.2) is 0 Å². The van der Waals surface area contributed by atoms with Gasteiger partial charge in [0, 0.05) is 12.8 Å². The molecule has 2 atom stereocenters. The number of ether oxygens (including phenoxy) is 2. The summed E-state index contributed by atoms with van der Waals surface area (Å²) in [6.45, 7) is 5.76. The first-order valence-electron chi connectivity index (χ1n) is 8.84. The molecule has 0 fully saturated rings. The largest absolute Gasteiger partial charge is 0.463 e. The van der Waals surface area contributed by atoms with Gasteiger partial charge in [-0.15, -0.1) is 6.42 Å². The molecule has 0 aromatic carbocycles. The average molecular weight is 324 g/mol. The molecule has 4 nitrogen and oxygen atoms in total. The first kappa shape index (κ1) is 21.5. The fraction of sp³-hybridized carbons (Fsp3) is 0.789. The van der Waals surface area contributed by atoms with E-state index in [-0.39, 0.29) is 30.9 Å². The molecule has 23 heavy (non-hydrogen) atoms. The highest BCUT2D eigenvalue weighted by Crippen LogP contribution is 2.11. The van der Waals surface area contributed by atoms with Gasteiger partial charge in [0.25, 0.3) is 0 Å². The van der Waals surface area contributed by atoms with Crippen LogP contribution in [0, 0.1) is 12.3 Å². The van der Waals surface area contributed by atoms with Crippen LogP contribution in [0.15, 0.2) is 0 Å². The summed E-state index contributed by atoms with van der Waals surface area (Å²) in [4.78, 5) is 23.1. The lowest BCUT2D eigenvalue weighted by Crippen LogP contribution is -2.16. The number of hydrogen-bond acceptors (Lipinski definition) is 4. The van der Waals surface area contributed by atoms with Gasteiger partial charge < -0.3 is 9.47 Å². The Morgan fingerprint density at radius 1 is 0.913 bits per heavy atom. The summed E-state index contributed by atoms with van der Waals surface area (Å²) < 4.78 is 10.3. The second-order valence-corrected chi connectivity index (χ2v) is 6.01. The molecule has 0 saturated heterocycles. The molecule has 0 saturated carbocycles. The van der Waals surface area contributed by atoms with E-state index in [2.05, 4.69) is 12.8 Å². The van der Waals surface area contributed by atoms with Crippen LogP contribution >= 0.6 is 0 Å². The third kappa shape index (κ3) is 13.9. The summed E-state index contributed by atoms with van der Waals surface area (Å²) in [7, 11) is 0. The van der Waals surface area contributed by atoms with Crippen molar-refractivity contribution in [3.8, 4) is 12.3 Å². The minimum absolute atomic E-state index is 0.0536. The zero-order valence-corrected chi connectivity index (χ0v) is 14.9. The average Bonchev–Trinajstić information content (AvgIpc) is 2.50. The lowest BCUT2D eigenvalue weighted by molar-refractivity contribution is -0.149. The Hall–Kier alpha value is -1.50. The topological polar surface area (TPSA) is 52.6 Å². The molecule has 0 spiro atoms. The normalized spacial score (nSPS) is 13.0. The molecule has 132 valence electrons. The van der Waals surface area contributed by atoms with Gasteiger partial charge in [0.1, 0.15) is 0 Å². The molecule has 2 unspecified atom stereocenters. The lowest BCUT2D eigenvalue weighted by atomic mass is 10.1. The van der Waals surface area contributed by atoms with Gasteiger partial charge in [0.15, 0.2) is 6.10 Å². The lowest BCUT2D eigenvalue weighted by Gasteiger charge is -2.13. The Morgan fingerprint density at radius 3 is 2.09 bits per heavy atom. The predicted octanol–water partition coefficient (Wildman–Crippen LogP) is 4.40. The molecule has 0 aliphatic carbocycles. The van der Waals surface area contributed by atoms with E-state index in [1.165, 1.54) is 32.1 Å². The summed E-state index contributed by atoms with van der Waals surface area (Å²) in [5, 5.41) is 0. The Labute approximate surface area is 141 Å². The molecule has 0 rings (SSSR count). The Bertz CT molecular complexity index is 370. The van der Waals surface area contributed by atoms with Crippen molar-refractivity contribution in [2.24, 2.45) is 0 Å². The highest BCUT2D eigenvalue weighted by Gasteiger charge is 2.12. The molecule has 4 heteroatoms. The molecule has 0 heterocycles. The predicted molar refractivity (Wildman–Crippen MR) is 91.8 cm³/mol. The van der Waals surface area contributed by atoms with E-state index in [1.54, 1.807) is 6.92 Å². The van der Waals surface area contributed by atoms with Crippen LogP contribution in [0.25, 0.3) is 0 Å². The van der Waals surface area contributed by atoms with Gasteiger partial charge in [-0.1, -0.05) is 44.9 Å². The van der Waals surface area contributed by atoms with Crippen LogP contribution in [-0.4, -0.2) is 24.1 Å². The number of terminal acetylenes is 1. The van der Waals surface area contributed by atoms with Crippen LogP contribution in [-0.2, 0) is 19.1 Å². The van der Waals surface area contributed by atoms with Crippen LogP contribution < -0.4 is 0 Å². The zero-order valence-electron chi connectivity index (χ0n) is 14.9. The quantitative estimate of drug-likeness (QED) is 0.286. The third-order valence-corrected chi connectivity index (χ3v) is 3.60. The van der Waals surface area contributed by atoms with E-state index < -0.39 is 6.10 Å². The number of unbranched alkanes of at least 4 members (excludes halogenated alkanes) is 5. The number of esters is 2. The van der Waals surface area contributed by atoms with Gasteiger partial charge in [0.2, 0.25) is 0 Å². The Morgan fingerprint density at radius 2 is 1.48 bits per heavy atom. The highest BCUT2D eigenvalue weighted by atomic mass is 16.5. The minimum Gasteiger partial charge on any atom is -0.463 e. The fourth-order valence-electron chi connectivity index (χ4n) is 2.22. The van der Waals surface area contributed by atoms with Crippen LogP contribution in [0.1, 0.15) is 85.0 Å². The summed E-state index contributed by atoms with van der Waals surface area (Å²) in [6.07, 6.45) is 13.7. The maximum atomic E-state index is 11.7. The number of hydrogen-bond donors (Lipinski definition) is 0. The molecular formula is C19H32O4. The van der Waals surface area contributed by atoms with Crippen LogP contribution in [0.5, 0.6) is 0 Å². The van der Waals surface area contributed by atoms with Crippen molar-refractivity contribution < 1.29 is 19.1 Å². The van der Waals surface area contributed by atoms with Crippen molar-refractivity contribution in [1.82, 2.24) is 0 Å². The second-order valence-electron chi connectivity index (χ2n) is 6.01. The first-order chi connectivity index (χ1) is 11.0. The molecule has 0 bridgehead atoms. The molecule has 0 aromatic heterocycles. The molecular weight excluding hydrogens is 292 g/mol. The van der Waals surface area contributed by atoms with E-state index in [0.717, 1.165) is 12.8 Å². The van der Waals surface area contributed by atoms with Crippen LogP contribution in [0.3, 0.4) is 0 Å². The fourth-order valence-corrected chi connectivity index (χ4v) is 2.22. The summed E-state index contributed by atoms with van der Waals surface area (Å²) in [5.41, 5.74) is 0. The van der Waals surface area contributed by atoms with Gasteiger partial charge in [0.05, 0.1) is 6.10 Å². The third-order valence-electron chi connectivity index (χ3n) is 3.60. The molecule has 0 aromatic rings. The SMILES string of the molecule is C#CC(C)OC(=O)CCCC(=O)OC(C)CCCCCCCC. The molecule has 0 N–H and O–H groups in total. The number of carbonyl (C=O) groups excluding carboxylic acids is 2. The summed E-state index contributed by atoms with van der Waals surface area (Å²) in [5.74, 6) is 1.70. The maximum absolute atomic E-state index is 11.7. The highest BCUT2D eigenvalue weighted by molar-refractivity contribution is 5.72. The van der Waals surface area contributed by atoms with Gasteiger partial charge >= 0.3 is 11.9 Å². The maximum Gasteiger partial charge on any atom is 0.307 e. The van der Waals surface area contributed by atoms with Crippen molar-refractivity contribution in [2.75, 3.05) is 0 Å². The Balaban J connectivity index is 3.61. The van der Waals surface area contributed by atoms with Gasteiger partial charge in [-0.3, -0.25) is 9.59 Å². The monoisotopic (exact) mass is 324 g/mol. The summed E-state index contributed by atoms with van der Waals surface area (Å²) >= 11 is 0. The molecule has 0 amide bonds. The first-order valence-corrected chi connectivity index (χ1v) is 8.84. The van der Waals surface area contributed by atoms with Gasteiger partial charge in [-0.05, 0) is 33.1 Å². The minimum atomic E-state index is -0.521. The van der Waals surface area contributed by atoms with Crippen molar-refractivity contribution in [3.63, 3.8) is 0 Å². The molecule has 0 aliphatic rings. The zero-order chi connectivity index (χ0) is 17.5. The summed E-state index contributed by atoms with van der Waals surface area (Å²) in [6, 6.07) is 0. The van der Waals surface area contributed by atoms with E-state index in [4.69, 9.17) is 15.9 Å². The molecule has 0 aliphatic heterocycles. The van der Waals surface area contributed by atoms with Crippen LogP contribution in [0.4, 0.5) is 0 Å². The van der Waals surface area contributed by atoms with Crippen molar-refractivity contribution >= 4 is 11.9 Å². The van der Waals surface area contributed by atoms with E-state index >= 15 is 0 Å². The van der Waals surface area contributed by atoms with E-state index in [0.29, 0.717) is 6.42 Å².